The maximum atomic E-state index is 11.8. The number of carbonyl (C=O) groups excluding carboxylic acids is 1. The molecule has 2 N–H and O–H groups in total. The molecule has 2 rings (SSSR count). The molecule has 0 saturated heterocycles. The largest absolute Gasteiger partial charge is 0.480 e. The predicted molar refractivity (Wildman–Crippen MR) is 103 cm³/mol. The predicted octanol–water partition coefficient (Wildman–Crippen LogP) is 1.01. The molecule has 0 aromatic heterocycles. The summed E-state index contributed by atoms with van der Waals surface area (Å²) in [4.78, 5) is 26.1. The van der Waals surface area contributed by atoms with Gasteiger partial charge in [0.15, 0.2) is 9.84 Å². The number of rotatable bonds is 7. The first-order valence-electron chi connectivity index (χ1n) is 8.32. The van der Waals surface area contributed by atoms with Gasteiger partial charge in [-0.1, -0.05) is 12.1 Å². The maximum absolute atomic E-state index is 11.8. The number of carbonyl (C=O) groups is 2. The van der Waals surface area contributed by atoms with Crippen LogP contribution in [0.25, 0.3) is 0 Å². The lowest BCUT2D eigenvalue weighted by molar-refractivity contribution is -0.139. The molecule has 152 valence electrons. The molecule has 9 nitrogen and oxygen atoms in total. The van der Waals surface area contributed by atoms with Crippen molar-refractivity contribution >= 4 is 21.9 Å². The van der Waals surface area contributed by atoms with Gasteiger partial charge in [0, 0.05) is 34.6 Å². The van der Waals surface area contributed by atoms with Gasteiger partial charge in [-0.15, -0.1) is 0 Å². The second-order valence-electron chi connectivity index (χ2n) is 6.66. The van der Waals surface area contributed by atoms with Crippen LogP contribution in [-0.4, -0.2) is 69.6 Å². The number of hydrogen-bond acceptors (Lipinski definition) is 7. The van der Waals surface area contributed by atoms with Crippen LogP contribution in [0.4, 0.5) is 4.79 Å². The van der Waals surface area contributed by atoms with Crippen LogP contribution in [0.3, 0.4) is 0 Å². The number of nitrogens with one attached hydrogen (secondary N) is 1. The van der Waals surface area contributed by atoms with Crippen molar-refractivity contribution in [2.75, 3.05) is 28.2 Å². The van der Waals surface area contributed by atoms with Crippen LogP contribution in [0.5, 0.6) is 5.75 Å². The smallest absolute Gasteiger partial charge is 0.414 e. The molecule has 1 aliphatic heterocycles. The first kappa shape index (κ1) is 21.3. The summed E-state index contributed by atoms with van der Waals surface area (Å²) in [5.74, 6) is -0.781. The maximum Gasteiger partial charge on any atom is 0.414 e. The fraction of sp³-hybridized carbons (Fsp3) is 0.333. The molecule has 0 bridgehead atoms. The van der Waals surface area contributed by atoms with Crippen molar-refractivity contribution in [1.29, 1.82) is 0 Å². The molecule has 1 amide bonds. The number of carboxylic acids is 1. The third-order valence-corrected chi connectivity index (χ3v) is 4.99. The summed E-state index contributed by atoms with van der Waals surface area (Å²) in [5.41, 5.74) is 1.30. The standard InChI is InChI=1S/C18H23N3O6S/c1-20(2)16-11-28(25,26)10-15(16)19-14(17(22)23)9-12-5-7-13(8-6-12)27-18(24)21(3)4/h5-8,10-11,14,19H,9H2,1-4H3,(H,22,23)/t14-/m0/s1. The van der Waals surface area contributed by atoms with E-state index in [9.17, 15) is 23.1 Å². The van der Waals surface area contributed by atoms with Crippen LogP contribution >= 0.6 is 0 Å². The lowest BCUT2D eigenvalue weighted by Crippen LogP contribution is -2.39. The lowest BCUT2D eigenvalue weighted by Gasteiger charge is -2.22. The summed E-state index contributed by atoms with van der Waals surface area (Å²) in [5, 5.41) is 14.4. The van der Waals surface area contributed by atoms with Gasteiger partial charge in [0.05, 0.1) is 22.2 Å². The van der Waals surface area contributed by atoms with Gasteiger partial charge in [0.2, 0.25) is 0 Å². The average Bonchev–Trinajstić information content (AvgIpc) is 2.90. The van der Waals surface area contributed by atoms with Gasteiger partial charge >= 0.3 is 12.1 Å². The molecule has 0 aliphatic carbocycles. The van der Waals surface area contributed by atoms with Crippen molar-refractivity contribution in [1.82, 2.24) is 15.1 Å². The Kier molecular flexibility index (Phi) is 6.34. The lowest BCUT2D eigenvalue weighted by atomic mass is 10.1. The summed E-state index contributed by atoms with van der Waals surface area (Å²) in [6.45, 7) is 0. The van der Waals surface area contributed by atoms with Gasteiger partial charge in [-0.25, -0.2) is 18.0 Å². The van der Waals surface area contributed by atoms with E-state index in [1.165, 1.54) is 4.90 Å². The number of aliphatic carboxylic acids is 1. The van der Waals surface area contributed by atoms with Gasteiger partial charge in [-0.3, -0.25) is 0 Å². The molecule has 28 heavy (non-hydrogen) atoms. The molecule has 0 saturated carbocycles. The third-order valence-electron chi connectivity index (χ3n) is 3.88. The summed E-state index contributed by atoms with van der Waals surface area (Å²) < 4.78 is 28.8. The van der Waals surface area contributed by atoms with E-state index in [0.717, 1.165) is 10.8 Å². The highest BCUT2D eigenvalue weighted by Crippen LogP contribution is 2.23. The van der Waals surface area contributed by atoms with Crippen LogP contribution in [-0.2, 0) is 21.1 Å². The van der Waals surface area contributed by atoms with Crippen molar-refractivity contribution in [3.8, 4) is 5.75 Å². The second-order valence-corrected chi connectivity index (χ2v) is 8.31. The van der Waals surface area contributed by atoms with Crippen LogP contribution in [0, 0.1) is 0 Å². The molecule has 0 fully saturated rings. The van der Waals surface area contributed by atoms with Crippen molar-refractivity contribution in [2.24, 2.45) is 0 Å². The minimum Gasteiger partial charge on any atom is -0.480 e. The molecule has 0 radical (unpaired) electrons. The first-order valence-corrected chi connectivity index (χ1v) is 9.93. The van der Waals surface area contributed by atoms with Crippen molar-refractivity contribution in [3.05, 3.63) is 52.0 Å². The number of hydrogen-bond donors (Lipinski definition) is 2. The van der Waals surface area contributed by atoms with Gasteiger partial charge in [0.1, 0.15) is 11.8 Å². The molecule has 1 aliphatic rings. The fourth-order valence-corrected chi connectivity index (χ4v) is 3.68. The van der Waals surface area contributed by atoms with E-state index >= 15 is 0 Å². The Hall–Kier alpha value is -3.01. The van der Waals surface area contributed by atoms with Gasteiger partial charge in [-0.05, 0) is 17.7 Å². The van der Waals surface area contributed by atoms with E-state index < -0.39 is 27.9 Å². The molecule has 0 unspecified atom stereocenters. The number of nitrogens with zero attached hydrogens (tertiary/aromatic N) is 2. The highest BCUT2D eigenvalue weighted by atomic mass is 32.2. The van der Waals surface area contributed by atoms with Crippen molar-refractivity contribution < 1.29 is 27.9 Å². The van der Waals surface area contributed by atoms with E-state index in [0.29, 0.717) is 17.0 Å². The van der Waals surface area contributed by atoms with Gasteiger partial charge in [-0.2, -0.15) is 0 Å². The average molecular weight is 409 g/mol. The van der Waals surface area contributed by atoms with E-state index in [1.807, 2.05) is 0 Å². The number of benzene rings is 1. The van der Waals surface area contributed by atoms with E-state index in [4.69, 9.17) is 4.74 Å². The van der Waals surface area contributed by atoms with Gasteiger partial charge < -0.3 is 25.0 Å². The summed E-state index contributed by atoms with van der Waals surface area (Å²) >= 11 is 0. The number of sulfone groups is 1. The topological polar surface area (TPSA) is 116 Å². The molecular weight excluding hydrogens is 386 g/mol. The third kappa shape index (κ3) is 5.49. The number of carboxylic acid groups (broad SMARTS) is 1. The molecule has 1 atom stereocenters. The Morgan fingerprint density at radius 3 is 2.21 bits per heavy atom. The van der Waals surface area contributed by atoms with E-state index in [1.54, 1.807) is 57.4 Å². The number of likely N-dealkylation sites (N-methyl/N-ethyl adjacent to an activating group) is 1. The number of amides is 1. The highest BCUT2D eigenvalue weighted by Gasteiger charge is 2.27. The zero-order valence-electron chi connectivity index (χ0n) is 16.0. The van der Waals surface area contributed by atoms with Crippen LogP contribution in [0.2, 0.25) is 0 Å². The first-order chi connectivity index (χ1) is 13.0. The fourth-order valence-electron chi connectivity index (χ4n) is 2.44. The quantitative estimate of drug-likeness (QED) is 0.685. The number of ether oxygens (including phenoxy) is 1. The molecule has 1 heterocycles. The second kappa shape index (κ2) is 8.34. The minimum atomic E-state index is -3.53. The molecule has 1 aromatic rings. The Balaban J connectivity index is 2.13. The Morgan fingerprint density at radius 1 is 1.11 bits per heavy atom. The molecule has 1 aromatic carbocycles. The monoisotopic (exact) mass is 409 g/mol. The SMILES string of the molecule is CN(C)C(=O)Oc1ccc(C[C@H](NC2=CS(=O)(=O)C=C2N(C)C)C(=O)O)cc1. The summed E-state index contributed by atoms with van der Waals surface area (Å²) in [6, 6.07) is 5.40. The minimum absolute atomic E-state index is 0.106. The van der Waals surface area contributed by atoms with Gasteiger partial charge in [0.25, 0.3) is 0 Å². The molecule has 10 heteroatoms. The van der Waals surface area contributed by atoms with Crippen LogP contribution in [0.1, 0.15) is 5.56 Å². The van der Waals surface area contributed by atoms with Crippen molar-refractivity contribution in [2.45, 2.75) is 12.5 Å². The summed E-state index contributed by atoms with van der Waals surface area (Å²) in [6.07, 6.45) is -0.412. The Morgan fingerprint density at radius 2 is 1.71 bits per heavy atom. The van der Waals surface area contributed by atoms with Crippen molar-refractivity contribution in [3.63, 3.8) is 0 Å². The zero-order chi connectivity index (χ0) is 21.1. The van der Waals surface area contributed by atoms with E-state index in [-0.39, 0.29) is 12.1 Å². The highest BCUT2D eigenvalue weighted by molar-refractivity contribution is 7.97. The Bertz CT molecular complexity index is 917. The van der Waals surface area contributed by atoms with Crippen LogP contribution < -0.4 is 10.1 Å². The zero-order valence-corrected chi connectivity index (χ0v) is 16.9. The van der Waals surface area contributed by atoms with E-state index in [2.05, 4.69) is 5.32 Å². The van der Waals surface area contributed by atoms with Crippen LogP contribution in [0.15, 0.2) is 46.5 Å². The normalized spacial score (nSPS) is 15.9. The molecular formula is C18H23N3O6S. The molecule has 0 spiro atoms. The Labute approximate surface area is 163 Å². The summed E-state index contributed by atoms with van der Waals surface area (Å²) in [7, 11) is 2.94.